The van der Waals surface area contributed by atoms with Gasteiger partial charge >= 0.3 is 5.97 Å². The van der Waals surface area contributed by atoms with Crippen LogP contribution in [0.15, 0.2) is 18.2 Å². The maximum atomic E-state index is 12.5. The molecule has 0 saturated carbocycles. The molecule has 0 radical (unpaired) electrons. The number of benzene rings is 1. The standard InChI is InChI=1S/C17H23N3O6/c1-24-11-4-5-14(25-2)12(8-11)19-15(21)10-20-7-6-18-17(23)13(20)9-16(22)26-3/h4-5,8,13H,6-7,9-10H2,1-3H3,(H,18,23)(H,19,21)/p+1/t13-/m0/s1. The monoisotopic (exact) mass is 366 g/mol. The maximum Gasteiger partial charge on any atom is 0.312 e. The van der Waals surface area contributed by atoms with Gasteiger partial charge in [0.15, 0.2) is 12.6 Å². The molecule has 1 heterocycles. The van der Waals surface area contributed by atoms with Gasteiger partial charge in [0.25, 0.3) is 11.8 Å². The highest BCUT2D eigenvalue weighted by Crippen LogP contribution is 2.28. The number of anilines is 1. The van der Waals surface area contributed by atoms with E-state index in [0.29, 0.717) is 35.2 Å². The summed E-state index contributed by atoms with van der Waals surface area (Å²) in [5, 5.41) is 5.49. The number of ether oxygens (including phenoxy) is 3. The van der Waals surface area contributed by atoms with Crippen molar-refractivity contribution in [1.82, 2.24) is 5.32 Å². The molecule has 1 saturated heterocycles. The van der Waals surface area contributed by atoms with Gasteiger partial charge in [-0.25, -0.2) is 0 Å². The molecule has 3 N–H and O–H groups in total. The first-order chi connectivity index (χ1) is 12.5. The molecule has 0 aliphatic carbocycles. The SMILES string of the molecule is COC(=O)C[C@H]1C(=O)NCC[NH+]1CC(=O)Nc1cc(OC)ccc1OC. The lowest BCUT2D eigenvalue weighted by Crippen LogP contribution is -3.20. The summed E-state index contributed by atoms with van der Waals surface area (Å²) < 4.78 is 15.0. The molecule has 0 bridgehead atoms. The molecule has 1 aromatic carbocycles. The van der Waals surface area contributed by atoms with Gasteiger partial charge in [0.1, 0.15) is 17.9 Å². The number of amides is 2. The van der Waals surface area contributed by atoms with Crippen molar-refractivity contribution in [2.24, 2.45) is 0 Å². The average molecular weight is 366 g/mol. The molecule has 1 fully saturated rings. The zero-order chi connectivity index (χ0) is 19.1. The molecule has 142 valence electrons. The summed E-state index contributed by atoms with van der Waals surface area (Å²) in [5.41, 5.74) is 0.474. The molecule has 1 aromatic rings. The Kier molecular flexibility index (Phi) is 6.79. The van der Waals surface area contributed by atoms with Gasteiger partial charge in [-0.1, -0.05) is 0 Å². The minimum absolute atomic E-state index is 0.0371. The summed E-state index contributed by atoms with van der Waals surface area (Å²) in [6.45, 7) is 1.02. The molecule has 1 unspecified atom stereocenters. The number of carbonyl (C=O) groups is 3. The molecule has 9 nitrogen and oxygen atoms in total. The van der Waals surface area contributed by atoms with Crippen LogP contribution < -0.4 is 25.0 Å². The minimum atomic E-state index is -0.658. The van der Waals surface area contributed by atoms with E-state index in [1.807, 2.05) is 0 Å². The van der Waals surface area contributed by atoms with Crippen molar-refractivity contribution in [2.75, 3.05) is 46.3 Å². The van der Waals surface area contributed by atoms with Crippen molar-refractivity contribution < 1.29 is 33.5 Å². The van der Waals surface area contributed by atoms with E-state index in [9.17, 15) is 14.4 Å². The van der Waals surface area contributed by atoms with Crippen LogP contribution >= 0.6 is 0 Å². The molecular weight excluding hydrogens is 342 g/mol. The van der Waals surface area contributed by atoms with E-state index >= 15 is 0 Å². The van der Waals surface area contributed by atoms with Crippen molar-refractivity contribution in [1.29, 1.82) is 0 Å². The highest BCUT2D eigenvalue weighted by Gasteiger charge is 2.36. The van der Waals surface area contributed by atoms with E-state index < -0.39 is 12.0 Å². The highest BCUT2D eigenvalue weighted by molar-refractivity contribution is 5.93. The minimum Gasteiger partial charge on any atom is -0.497 e. The Bertz CT molecular complexity index is 678. The third-order valence-corrected chi connectivity index (χ3v) is 4.22. The van der Waals surface area contributed by atoms with E-state index in [2.05, 4.69) is 15.4 Å². The first-order valence-electron chi connectivity index (χ1n) is 8.19. The van der Waals surface area contributed by atoms with E-state index in [1.54, 1.807) is 18.2 Å². The number of quaternary nitrogens is 1. The van der Waals surface area contributed by atoms with Crippen LogP contribution in [0.4, 0.5) is 5.69 Å². The highest BCUT2D eigenvalue weighted by atomic mass is 16.5. The molecule has 2 amide bonds. The summed E-state index contributed by atoms with van der Waals surface area (Å²) in [4.78, 5) is 36.8. The maximum absolute atomic E-state index is 12.5. The lowest BCUT2D eigenvalue weighted by molar-refractivity contribution is -0.909. The van der Waals surface area contributed by atoms with Crippen molar-refractivity contribution in [3.05, 3.63) is 18.2 Å². The van der Waals surface area contributed by atoms with Gasteiger partial charge in [0.05, 0.1) is 40.1 Å². The fraction of sp³-hybridized carbons (Fsp3) is 0.471. The predicted octanol–water partition coefficient (Wildman–Crippen LogP) is -1.41. The van der Waals surface area contributed by atoms with Crippen LogP contribution in [0.5, 0.6) is 11.5 Å². The Hall–Kier alpha value is -2.81. The first-order valence-corrected chi connectivity index (χ1v) is 8.19. The molecular formula is C17H24N3O6+. The number of esters is 1. The van der Waals surface area contributed by atoms with Gasteiger partial charge in [-0.3, -0.25) is 14.4 Å². The zero-order valence-corrected chi connectivity index (χ0v) is 15.1. The van der Waals surface area contributed by atoms with E-state index in [0.717, 1.165) is 0 Å². The van der Waals surface area contributed by atoms with Crippen LogP contribution in [0.25, 0.3) is 0 Å². The van der Waals surface area contributed by atoms with Gasteiger partial charge in [0, 0.05) is 6.07 Å². The number of carbonyl (C=O) groups excluding carboxylic acids is 3. The van der Waals surface area contributed by atoms with Gasteiger partial charge in [-0.2, -0.15) is 0 Å². The quantitative estimate of drug-likeness (QED) is 0.512. The summed E-state index contributed by atoms with van der Waals surface area (Å²) in [7, 11) is 4.30. The Labute approximate surface area is 151 Å². The summed E-state index contributed by atoms with van der Waals surface area (Å²) in [5.74, 6) is 0.0324. The van der Waals surface area contributed by atoms with Gasteiger partial charge < -0.3 is 29.7 Å². The van der Waals surface area contributed by atoms with E-state index in [-0.39, 0.29) is 24.8 Å². The fourth-order valence-corrected chi connectivity index (χ4v) is 2.84. The molecule has 26 heavy (non-hydrogen) atoms. The predicted molar refractivity (Wildman–Crippen MR) is 92.3 cm³/mol. The smallest absolute Gasteiger partial charge is 0.312 e. The van der Waals surface area contributed by atoms with Crippen molar-refractivity contribution in [3.8, 4) is 11.5 Å². The Balaban J connectivity index is 2.07. The fourth-order valence-electron chi connectivity index (χ4n) is 2.84. The Morgan fingerprint density at radius 1 is 1.27 bits per heavy atom. The molecule has 1 aliphatic heterocycles. The van der Waals surface area contributed by atoms with Crippen molar-refractivity contribution in [3.63, 3.8) is 0 Å². The zero-order valence-electron chi connectivity index (χ0n) is 15.1. The number of hydrogen-bond donors (Lipinski definition) is 3. The molecule has 0 aromatic heterocycles. The molecule has 0 spiro atoms. The lowest BCUT2D eigenvalue weighted by Gasteiger charge is -2.30. The number of methoxy groups -OCH3 is 3. The second-order valence-electron chi connectivity index (χ2n) is 5.82. The van der Waals surface area contributed by atoms with Crippen molar-refractivity contribution in [2.45, 2.75) is 12.5 Å². The third-order valence-electron chi connectivity index (χ3n) is 4.22. The van der Waals surface area contributed by atoms with E-state index in [4.69, 9.17) is 9.47 Å². The molecule has 9 heteroatoms. The first kappa shape index (κ1) is 19.5. The number of nitrogens with one attached hydrogen (secondary N) is 3. The normalized spacial score (nSPS) is 19.3. The summed E-state index contributed by atoms with van der Waals surface area (Å²) in [6.07, 6.45) is -0.0760. The van der Waals surface area contributed by atoms with Crippen LogP contribution in [-0.4, -0.2) is 64.8 Å². The Morgan fingerprint density at radius 2 is 2.04 bits per heavy atom. The van der Waals surface area contributed by atoms with Crippen LogP contribution in [0.1, 0.15) is 6.42 Å². The lowest BCUT2D eigenvalue weighted by atomic mass is 10.1. The molecule has 2 atom stereocenters. The average Bonchev–Trinajstić information content (AvgIpc) is 2.64. The summed E-state index contributed by atoms with van der Waals surface area (Å²) in [6, 6.07) is 4.41. The van der Waals surface area contributed by atoms with Gasteiger partial charge in [0.2, 0.25) is 0 Å². The second-order valence-corrected chi connectivity index (χ2v) is 5.82. The number of hydrogen-bond acceptors (Lipinski definition) is 6. The van der Waals surface area contributed by atoms with Gasteiger partial charge in [-0.15, -0.1) is 0 Å². The van der Waals surface area contributed by atoms with E-state index in [1.165, 1.54) is 21.3 Å². The van der Waals surface area contributed by atoms with Crippen LogP contribution in [0, 0.1) is 0 Å². The second kappa shape index (κ2) is 9.04. The van der Waals surface area contributed by atoms with Crippen LogP contribution in [0.3, 0.4) is 0 Å². The topological polar surface area (TPSA) is 107 Å². The molecule has 2 rings (SSSR count). The third kappa shape index (κ3) is 4.85. The van der Waals surface area contributed by atoms with Crippen LogP contribution in [-0.2, 0) is 19.1 Å². The van der Waals surface area contributed by atoms with Crippen molar-refractivity contribution >= 4 is 23.5 Å². The number of rotatable bonds is 7. The summed E-state index contributed by atoms with van der Waals surface area (Å²) >= 11 is 0. The number of piperazine rings is 1. The van der Waals surface area contributed by atoms with Crippen LogP contribution in [0.2, 0.25) is 0 Å². The molecule has 1 aliphatic rings. The Morgan fingerprint density at radius 3 is 2.69 bits per heavy atom. The van der Waals surface area contributed by atoms with Gasteiger partial charge in [-0.05, 0) is 12.1 Å². The largest absolute Gasteiger partial charge is 0.497 e.